The molecule has 0 heterocycles. The fourth-order valence-electron chi connectivity index (χ4n) is 1.95. The normalized spacial score (nSPS) is 10.0. The predicted molar refractivity (Wildman–Crippen MR) is 90.3 cm³/mol. The molecule has 0 fully saturated rings. The second-order valence-corrected chi connectivity index (χ2v) is 5.28. The summed E-state index contributed by atoms with van der Waals surface area (Å²) in [5.41, 5.74) is 9.07. The number of amides is 1. The van der Waals surface area contributed by atoms with E-state index in [0.717, 1.165) is 16.8 Å². The second kappa shape index (κ2) is 6.37. The highest BCUT2D eigenvalue weighted by atomic mass is 32.1. The van der Waals surface area contributed by atoms with Crippen LogP contribution in [0.1, 0.15) is 10.4 Å². The number of carbonyl (C=O) groups excluding carboxylic acids is 1. The summed E-state index contributed by atoms with van der Waals surface area (Å²) in [6, 6.07) is 15.3. The third-order valence-corrected chi connectivity index (χ3v) is 3.13. The zero-order chi connectivity index (χ0) is 15.4. The Morgan fingerprint density at radius 3 is 1.90 bits per heavy atom. The highest BCUT2D eigenvalue weighted by Gasteiger charge is 2.07. The molecule has 0 saturated carbocycles. The van der Waals surface area contributed by atoms with E-state index in [1.54, 1.807) is 19.0 Å². The maximum Gasteiger partial charge on any atom is 0.253 e. The molecule has 0 bridgehead atoms. The van der Waals surface area contributed by atoms with Gasteiger partial charge in [0.2, 0.25) is 0 Å². The average Bonchev–Trinajstić information content (AvgIpc) is 2.47. The molecule has 0 unspecified atom stereocenters. The summed E-state index contributed by atoms with van der Waals surface area (Å²) < 4.78 is 0. The van der Waals surface area contributed by atoms with Crippen molar-refractivity contribution in [2.75, 3.05) is 19.4 Å². The van der Waals surface area contributed by atoms with Crippen LogP contribution in [0.4, 0.5) is 5.69 Å². The highest BCUT2D eigenvalue weighted by molar-refractivity contribution is 7.80. The number of benzene rings is 2. The van der Waals surface area contributed by atoms with Gasteiger partial charge in [0.05, 0.1) is 0 Å². The van der Waals surface area contributed by atoms with Gasteiger partial charge in [0.25, 0.3) is 5.91 Å². The standard InChI is InChI=1S/C16H17N3OS/c1-19(2)15(20)13-5-3-11(4-6-13)12-7-9-14(10-8-12)18-16(17)21/h3-10H,1-2H3,(H3,17,18,21). The van der Waals surface area contributed by atoms with Gasteiger partial charge in [-0.05, 0) is 47.6 Å². The number of carbonyl (C=O) groups is 1. The molecule has 0 aliphatic rings. The van der Waals surface area contributed by atoms with Crippen LogP contribution in [0.5, 0.6) is 0 Å². The Bertz CT molecular complexity index is 648. The van der Waals surface area contributed by atoms with Gasteiger partial charge in [-0.25, -0.2) is 0 Å². The Morgan fingerprint density at radius 1 is 1.00 bits per heavy atom. The third-order valence-electron chi connectivity index (χ3n) is 3.02. The first kappa shape index (κ1) is 15.0. The molecule has 21 heavy (non-hydrogen) atoms. The maximum atomic E-state index is 11.8. The van der Waals surface area contributed by atoms with Crippen LogP contribution in [0, 0.1) is 0 Å². The molecule has 0 radical (unpaired) electrons. The first-order valence-electron chi connectivity index (χ1n) is 6.46. The lowest BCUT2D eigenvalue weighted by Gasteiger charge is -2.11. The van der Waals surface area contributed by atoms with Crippen LogP contribution >= 0.6 is 12.2 Å². The van der Waals surface area contributed by atoms with Gasteiger partial charge in [0.15, 0.2) is 5.11 Å². The van der Waals surface area contributed by atoms with E-state index in [-0.39, 0.29) is 11.0 Å². The SMILES string of the molecule is CN(C)C(=O)c1ccc(-c2ccc(NC(N)=S)cc2)cc1. The summed E-state index contributed by atoms with van der Waals surface area (Å²) in [6.45, 7) is 0. The number of hydrogen-bond acceptors (Lipinski definition) is 2. The number of rotatable bonds is 3. The van der Waals surface area contributed by atoms with E-state index in [4.69, 9.17) is 18.0 Å². The number of thiocarbonyl (C=S) groups is 1. The highest BCUT2D eigenvalue weighted by Crippen LogP contribution is 2.22. The van der Waals surface area contributed by atoms with E-state index >= 15 is 0 Å². The van der Waals surface area contributed by atoms with Crippen molar-refractivity contribution in [1.82, 2.24) is 4.90 Å². The smallest absolute Gasteiger partial charge is 0.253 e. The Morgan fingerprint density at radius 2 is 1.48 bits per heavy atom. The molecule has 0 spiro atoms. The van der Waals surface area contributed by atoms with E-state index in [1.807, 2.05) is 48.5 Å². The molecule has 4 nitrogen and oxygen atoms in total. The van der Waals surface area contributed by atoms with Gasteiger partial charge in [0, 0.05) is 25.3 Å². The number of nitrogens with zero attached hydrogens (tertiary/aromatic N) is 1. The van der Waals surface area contributed by atoms with E-state index in [2.05, 4.69) is 5.32 Å². The Labute approximate surface area is 129 Å². The van der Waals surface area contributed by atoms with Gasteiger partial charge in [-0.3, -0.25) is 4.79 Å². The minimum Gasteiger partial charge on any atom is -0.376 e. The molecule has 108 valence electrons. The van der Waals surface area contributed by atoms with Crippen molar-refractivity contribution in [3.05, 3.63) is 54.1 Å². The molecule has 3 N–H and O–H groups in total. The van der Waals surface area contributed by atoms with E-state index < -0.39 is 0 Å². The fourth-order valence-corrected chi connectivity index (χ4v) is 2.07. The molecule has 2 aromatic rings. The molecule has 0 aliphatic heterocycles. The summed E-state index contributed by atoms with van der Waals surface area (Å²) in [4.78, 5) is 13.4. The topological polar surface area (TPSA) is 58.4 Å². The number of nitrogens with two attached hydrogens (primary N) is 1. The minimum absolute atomic E-state index is 0.00226. The van der Waals surface area contributed by atoms with Gasteiger partial charge in [-0.1, -0.05) is 24.3 Å². The summed E-state index contributed by atoms with van der Waals surface area (Å²) in [5.74, 6) is -0.00226. The maximum absolute atomic E-state index is 11.8. The van der Waals surface area contributed by atoms with Gasteiger partial charge in [-0.2, -0.15) is 0 Å². The van der Waals surface area contributed by atoms with Crippen molar-refractivity contribution >= 4 is 28.9 Å². The third kappa shape index (κ3) is 3.79. The molecule has 2 aromatic carbocycles. The second-order valence-electron chi connectivity index (χ2n) is 4.84. The molecule has 2 rings (SSSR count). The number of nitrogens with one attached hydrogen (secondary N) is 1. The van der Waals surface area contributed by atoms with Gasteiger partial charge >= 0.3 is 0 Å². The lowest BCUT2D eigenvalue weighted by molar-refractivity contribution is 0.0827. The van der Waals surface area contributed by atoms with Gasteiger partial charge < -0.3 is 16.0 Å². The largest absolute Gasteiger partial charge is 0.376 e. The van der Waals surface area contributed by atoms with E-state index in [9.17, 15) is 4.79 Å². The Hall–Kier alpha value is -2.40. The molecular weight excluding hydrogens is 282 g/mol. The van der Waals surface area contributed by atoms with Crippen LogP contribution < -0.4 is 11.1 Å². The molecule has 0 aliphatic carbocycles. The van der Waals surface area contributed by atoms with Crippen molar-refractivity contribution < 1.29 is 4.79 Å². The lowest BCUT2D eigenvalue weighted by Crippen LogP contribution is -2.21. The molecule has 0 atom stereocenters. The first-order valence-corrected chi connectivity index (χ1v) is 6.87. The minimum atomic E-state index is -0.00226. The first-order chi connectivity index (χ1) is 9.97. The van der Waals surface area contributed by atoms with Crippen molar-refractivity contribution in [2.45, 2.75) is 0 Å². The van der Waals surface area contributed by atoms with Crippen molar-refractivity contribution in [1.29, 1.82) is 0 Å². The number of anilines is 1. The summed E-state index contributed by atoms with van der Waals surface area (Å²) >= 11 is 4.79. The summed E-state index contributed by atoms with van der Waals surface area (Å²) in [6.07, 6.45) is 0. The molecule has 0 aromatic heterocycles. The lowest BCUT2D eigenvalue weighted by atomic mass is 10.0. The molecule has 5 heteroatoms. The van der Waals surface area contributed by atoms with Crippen LogP contribution in [-0.4, -0.2) is 30.0 Å². The summed E-state index contributed by atoms with van der Waals surface area (Å²) in [5, 5.41) is 3.12. The molecular formula is C16H17N3OS. The fraction of sp³-hybridized carbons (Fsp3) is 0.125. The predicted octanol–water partition coefficient (Wildman–Crippen LogP) is 2.71. The van der Waals surface area contributed by atoms with E-state index in [0.29, 0.717) is 5.56 Å². The summed E-state index contributed by atoms with van der Waals surface area (Å²) in [7, 11) is 3.48. The van der Waals surface area contributed by atoms with Crippen LogP contribution in [0.15, 0.2) is 48.5 Å². The Balaban J connectivity index is 2.19. The van der Waals surface area contributed by atoms with Crippen LogP contribution in [0.2, 0.25) is 0 Å². The van der Waals surface area contributed by atoms with Gasteiger partial charge in [-0.15, -0.1) is 0 Å². The average molecular weight is 299 g/mol. The zero-order valence-corrected chi connectivity index (χ0v) is 12.8. The molecule has 1 amide bonds. The van der Waals surface area contributed by atoms with Crippen LogP contribution in [-0.2, 0) is 0 Å². The van der Waals surface area contributed by atoms with Gasteiger partial charge in [0.1, 0.15) is 0 Å². The zero-order valence-electron chi connectivity index (χ0n) is 12.0. The van der Waals surface area contributed by atoms with Crippen LogP contribution in [0.25, 0.3) is 11.1 Å². The Kier molecular flexibility index (Phi) is 4.55. The van der Waals surface area contributed by atoms with Crippen molar-refractivity contribution in [3.8, 4) is 11.1 Å². The van der Waals surface area contributed by atoms with E-state index in [1.165, 1.54) is 0 Å². The van der Waals surface area contributed by atoms with Crippen molar-refractivity contribution in [2.24, 2.45) is 5.73 Å². The van der Waals surface area contributed by atoms with Crippen molar-refractivity contribution in [3.63, 3.8) is 0 Å². The quantitative estimate of drug-likeness (QED) is 0.856. The monoisotopic (exact) mass is 299 g/mol. The molecule has 0 saturated heterocycles. The van der Waals surface area contributed by atoms with Crippen LogP contribution in [0.3, 0.4) is 0 Å². The number of hydrogen-bond donors (Lipinski definition) is 2.